The third-order valence-electron chi connectivity index (χ3n) is 5.99. The predicted octanol–water partition coefficient (Wildman–Crippen LogP) is 4.36. The summed E-state index contributed by atoms with van der Waals surface area (Å²) >= 11 is 0. The first-order chi connectivity index (χ1) is 14.6. The van der Waals surface area contributed by atoms with Crippen LogP contribution in [0.25, 0.3) is 11.4 Å². The van der Waals surface area contributed by atoms with E-state index in [4.69, 9.17) is 4.52 Å². The van der Waals surface area contributed by atoms with Gasteiger partial charge in [-0.3, -0.25) is 9.69 Å². The van der Waals surface area contributed by atoms with Gasteiger partial charge in [-0.2, -0.15) is 4.98 Å². The number of nitrogens with zero attached hydrogens (tertiary/aromatic N) is 4. The van der Waals surface area contributed by atoms with Crippen LogP contribution in [0.3, 0.4) is 0 Å². The fourth-order valence-corrected chi connectivity index (χ4v) is 4.40. The predicted molar refractivity (Wildman–Crippen MR) is 112 cm³/mol. The van der Waals surface area contributed by atoms with Gasteiger partial charge in [-0.1, -0.05) is 11.2 Å². The van der Waals surface area contributed by atoms with Gasteiger partial charge >= 0.3 is 0 Å². The molecule has 1 aromatic carbocycles. The average Bonchev–Trinajstić information content (AvgIpc) is 3.26. The van der Waals surface area contributed by atoms with Crippen molar-refractivity contribution in [1.82, 2.24) is 19.9 Å². The number of aromatic nitrogens is 2. The first-order valence-electron chi connectivity index (χ1n) is 11.0. The summed E-state index contributed by atoms with van der Waals surface area (Å²) in [7, 11) is 0. The summed E-state index contributed by atoms with van der Waals surface area (Å²) in [5.41, 5.74) is 1.91. The molecule has 0 N–H and O–H groups in total. The lowest BCUT2D eigenvalue weighted by Crippen LogP contribution is -2.43. The fraction of sp³-hybridized carbons (Fsp3) is 0.522. The molecule has 1 aromatic heterocycles. The van der Waals surface area contributed by atoms with Crippen LogP contribution in [0.4, 0.5) is 4.39 Å². The Kier molecular flexibility index (Phi) is 6.57. The standard InChI is InChI=1S/C23H29FN4O2/c1-2-28(20-8-4-3-5-9-20)21(29)16-27-14-6-7-18(15-27)23-25-22(26-30-23)17-10-12-19(24)13-11-17/h8,10-13,18H,2-7,9,14-16H2,1H3. The highest BCUT2D eigenvalue weighted by Crippen LogP contribution is 2.28. The number of benzene rings is 1. The minimum Gasteiger partial charge on any atom is -0.339 e. The van der Waals surface area contributed by atoms with E-state index in [0.29, 0.717) is 24.8 Å². The summed E-state index contributed by atoms with van der Waals surface area (Å²) in [6.07, 6.45) is 8.61. The van der Waals surface area contributed by atoms with Crippen molar-refractivity contribution in [2.75, 3.05) is 26.2 Å². The lowest BCUT2D eigenvalue weighted by molar-refractivity contribution is -0.130. The number of allylic oxidation sites excluding steroid dienone is 2. The van der Waals surface area contributed by atoms with Crippen LogP contribution in [-0.2, 0) is 4.79 Å². The van der Waals surface area contributed by atoms with Gasteiger partial charge in [0.05, 0.1) is 12.5 Å². The molecule has 6 nitrogen and oxygen atoms in total. The van der Waals surface area contributed by atoms with E-state index in [-0.39, 0.29) is 17.6 Å². The Morgan fingerprint density at radius 1 is 1.27 bits per heavy atom. The van der Waals surface area contributed by atoms with Crippen molar-refractivity contribution in [2.24, 2.45) is 0 Å². The Morgan fingerprint density at radius 2 is 2.10 bits per heavy atom. The van der Waals surface area contributed by atoms with Crippen molar-refractivity contribution in [3.63, 3.8) is 0 Å². The number of likely N-dealkylation sites (N-methyl/N-ethyl adjacent to an activating group) is 1. The van der Waals surface area contributed by atoms with Gasteiger partial charge in [-0.15, -0.1) is 0 Å². The molecule has 1 atom stereocenters. The summed E-state index contributed by atoms with van der Waals surface area (Å²) in [6.45, 7) is 4.81. The zero-order chi connectivity index (χ0) is 20.9. The van der Waals surface area contributed by atoms with Crippen LogP contribution in [0.2, 0.25) is 0 Å². The minimum absolute atomic E-state index is 0.109. The summed E-state index contributed by atoms with van der Waals surface area (Å²) < 4.78 is 18.7. The van der Waals surface area contributed by atoms with E-state index >= 15 is 0 Å². The van der Waals surface area contributed by atoms with E-state index in [2.05, 4.69) is 21.1 Å². The fourth-order valence-electron chi connectivity index (χ4n) is 4.40. The molecule has 0 saturated carbocycles. The molecule has 160 valence electrons. The molecule has 1 amide bonds. The Balaban J connectivity index is 1.39. The van der Waals surface area contributed by atoms with Gasteiger partial charge in [0.25, 0.3) is 0 Å². The first-order valence-corrected chi connectivity index (χ1v) is 11.0. The molecule has 1 fully saturated rings. The molecule has 1 aliphatic carbocycles. The third kappa shape index (κ3) is 4.78. The Hall–Kier alpha value is -2.54. The molecular weight excluding hydrogens is 383 g/mol. The van der Waals surface area contributed by atoms with Crippen LogP contribution in [0, 0.1) is 5.82 Å². The maximum absolute atomic E-state index is 13.1. The van der Waals surface area contributed by atoms with Gasteiger partial charge in [-0.25, -0.2) is 4.39 Å². The van der Waals surface area contributed by atoms with Gasteiger partial charge in [0.15, 0.2) is 0 Å². The van der Waals surface area contributed by atoms with Crippen molar-refractivity contribution in [2.45, 2.75) is 51.4 Å². The maximum Gasteiger partial charge on any atom is 0.240 e. The second-order valence-electron chi connectivity index (χ2n) is 8.12. The average molecular weight is 413 g/mol. The van der Waals surface area contributed by atoms with Gasteiger partial charge < -0.3 is 9.42 Å². The molecule has 7 heteroatoms. The Bertz CT molecular complexity index is 893. The molecule has 30 heavy (non-hydrogen) atoms. The molecule has 4 rings (SSSR count). The zero-order valence-corrected chi connectivity index (χ0v) is 17.5. The van der Waals surface area contributed by atoms with Crippen molar-refractivity contribution >= 4 is 5.91 Å². The monoisotopic (exact) mass is 412 g/mol. The molecule has 2 aromatic rings. The van der Waals surface area contributed by atoms with Gasteiger partial charge in [-0.05, 0) is 76.3 Å². The van der Waals surface area contributed by atoms with Crippen molar-refractivity contribution < 1.29 is 13.7 Å². The number of carbonyl (C=O) groups excluding carboxylic acids is 1. The number of amides is 1. The van der Waals surface area contributed by atoms with Crippen LogP contribution in [0.15, 0.2) is 40.6 Å². The van der Waals surface area contributed by atoms with E-state index in [1.807, 2.05) is 11.8 Å². The van der Waals surface area contributed by atoms with E-state index in [1.165, 1.54) is 24.3 Å². The lowest BCUT2D eigenvalue weighted by atomic mass is 9.98. The summed E-state index contributed by atoms with van der Waals surface area (Å²) in [6, 6.07) is 6.07. The Labute approximate surface area is 176 Å². The first kappa shape index (κ1) is 20.7. The van der Waals surface area contributed by atoms with Gasteiger partial charge in [0, 0.05) is 24.4 Å². The van der Waals surface area contributed by atoms with E-state index in [0.717, 1.165) is 50.8 Å². The van der Waals surface area contributed by atoms with Crippen LogP contribution < -0.4 is 0 Å². The minimum atomic E-state index is -0.292. The largest absolute Gasteiger partial charge is 0.339 e. The van der Waals surface area contributed by atoms with E-state index in [1.54, 1.807) is 12.1 Å². The maximum atomic E-state index is 13.1. The number of rotatable bonds is 6. The van der Waals surface area contributed by atoms with Crippen LogP contribution in [0.1, 0.15) is 57.3 Å². The highest BCUT2D eigenvalue weighted by molar-refractivity contribution is 5.80. The van der Waals surface area contributed by atoms with Crippen molar-refractivity contribution in [3.8, 4) is 11.4 Å². The second-order valence-corrected chi connectivity index (χ2v) is 8.12. The summed E-state index contributed by atoms with van der Waals surface area (Å²) in [4.78, 5) is 21.6. The highest BCUT2D eigenvalue weighted by atomic mass is 19.1. The zero-order valence-electron chi connectivity index (χ0n) is 17.5. The number of carbonyl (C=O) groups is 1. The van der Waals surface area contributed by atoms with Crippen molar-refractivity contribution in [1.29, 1.82) is 0 Å². The molecule has 0 spiro atoms. The second kappa shape index (κ2) is 9.51. The Morgan fingerprint density at radius 3 is 2.83 bits per heavy atom. The van der Waals surface area contributed by atoms with Crippen LogP contribution in [0.5, 0.6) is 0 Å². The van der Waals surface area contributed by atoms with Gasteiger partial charge in [0.1, 0.15) is 5.82 Å². The van der Waals surface area contributed by atoms with Gasteiger partial charge in [0.2, 0.25) is 17.6 Å². The SMILES string of the molecule is CCN(C(=O)CN1CCCC(c2nc(-c3ccc(F)cc3)no2)C1)C1=CCCCC1. The molecule has 2 heterocycles. The number of hydrogen-bond donors (Lipinski definition) is 0. The van der Waals surface area contributed by atoms with E-state index in [9.17, 15) is 9.18 Å². The number of likely N-dealkylation sites (tertiary alicyclic amines) is 1. The highest BCUT2D eigenvalue weighted by Gasteiger charge is 2.29. The molecule has 0 bridgehead atoms. The van der Waals surface area contributed by atoms with Crippen LogP contribution in [-0.4, -0.2) is 52.0 Å². The molecule has 1 unspecified atom stereocenters. The summed E-state index contributed by atoms with van der Waals surface area (Å²) in [5, 5.41) is 4.07. The van der Waals surface area contributed by atoms with E-state index < -0.39 is 0 Å². The smallest absolute Gasteiger partial charge is 0.240 e. The molecule has 1 saturated heterocycles. The van der Waals surface area contributed by atoms with Crippen molar-refractivity contribution in [3.05, 3.63) is 47.7 Å². The topological polar surface area (TPSA) is 62.5 Å². The summed E-state index contributed by atoms with van der Waals surface area (Å²) in [5.74, 6) is 1.05. The molecule has 0 radical (unpaired) electrons. The normalized spacial score (nSPS) is 20.1. The number of piperidine rings is 1. The quantitative estimate of drug-likeness (QED) is 0.705. The van der Waals surface area contributed by atoms with Crippen LogP contribution >= 0.6 is 0 Å². The number of halogens is 1. The third-order valence-corrected chi connectivity index (χ3v) is 5.99. The number of hydrogen-bond acceptors (Lipinski definition) is 5. The molecule has 1 aliphatic heterocycles. The molecular formula is C23H29FN4O2. The molecule has 2 aliphatic rings. The lowest BCUT2D eigenvalue weighted by Gasteiger charge is -2.33.